The van der Waals surface area contributed by atoms with E-state index in [0.29, 0.717) is 12.4 Å². The van der Waals surface area contributed by atoms with E-state index in [1.807, 2.05) is 54.6 Å². The quantitative estimate of drug-likeness (QED) is 0.195. The van der Waals surface area contributed by atoms with Gasteiger partial charge in [-0.05, 0) is 41.5 Å². The van der Waals surface area contributed by atoms with Crippen LogP contribution in [0.3, 0.4) is 0 Å². The van der Waals surface area contributed by atoms with Gasteiger partial charge in [0.25, 0.3) is 5.69 Å². The van der Waals surface area contributed by atoms with Crippen molar-refractivity contribution in [2.75, 3.05) is 0 Å². The zero-order valence-corrected chi connectivity index (χ0v) is 14.9. The first-order chi connectivity index (χ1) is 13.6. The van der Waals surface area contributed by atoms with E-state index < -0.39 is 10.9 Å². The normalized spacial score (nSPS) is 10.6. The van der Waals surface area contributed by atoms with Crippen molar-refractivity contribution in [3.63, 3.8) is 0 Å². The molecule has 6 heteroatoms. The molecule has 0 amide bonds. The Labute approximate surface area is 161 Å². The summed E-state index contributed by atoms with van der Waals surface area (Å²) < 4.78 is 10.9. The maximum absolute atomic E-state index is 11.9. The molecular formula is C22H17NO5. The SMILES string of the molecule is O=C(/C=C/c1cccc(OCc2ccccc2)c1)Oc1ccc([N+](=O)[O-])cc1. The number of nitro benzene ring substituents is 1. The minimum Gasteiger partial charge on any atom is -0.489 e. The third-order valence-corrected chi connectivity index (χ3v) is 3.78. The molecule has 0 spiro atoms. The van der Waals surface area contributed by atoms with Crippen LogP contribution in [0.15, 0.2) is 84.9 Å². The molecule has 0 aromatic heterocycles. The highest BCUT2D eigenvalue weighted by molar-refractivity contribution is 5.88. The third-order valence-electron chi connectivity index (χ3n) is 3.78. The van der Waals surface area contributed by atoms with Gasteiger partial charge in [-0.15, -0.1) is 0 Å². The molecule has 0 radical (unpaired) electrons. The Morgan fingerprint density at radius 3 is 2.39 bits per heavy atom. The summed E-state index contributed by atoms with van der Waals surface area (Å²) in [6, 6.07) is 22.5. The van der Waals surface area contributed by atoms with Gasteiger partial charge in [0.05, 0.1) is 4.92 Å². The van der Waals surface area contributed by atoms with Gasteiger partial charge >= 0.3 is 5.97 Å². The maximum Gasteiger partial charge on any atom is 0.336 e. The van der Waals surface area contributed by atoms with Crippen molar-refractivity contribution in [1.82, 2.24) is 0 Å². The topological polar surface area (TPSA) is 78.7 Å². The highest BCUT2D eigenvalue weighted by atomic mass is 16.6. The zero-order chi connectivity index (χ0) is 19.8. The van der Waals surface area contributed by atoms with Crippen LogP contribution < -0.4 is 9.47 Å². The van der Waals surface area contributed by atoms with Gasteiger partial charge < -0.3 is 9.47 Å². The summed E-state index contributed by atoms with van der Waals surface area (Å²) in [7, 11) is 0. The molecule has 0 fully saturated rings. The smallest absolute Gasteiger partial charge is 0.336 e. The Morgan fingerprint density at radius 2 is 1.68 bits per heavy atom. The number of hydrogen-bond donors (Lipinski definition) is 0. The van der Waals surface area contributed by atoms with Crippen molar-refractivity contribution < 1.29 is 19.2 Å². The van der Waals surface area contributed by atoms with Crippen LogP contribution >= 0.6 is 0 Å². The minimum atomic E-state index is -0.579. The molecule has 0 saturated heterocycles. The monoisotopic (exact) mass is 375 g/mol. The van der Waals surface area contributed by atoms with Gasteiger partial charge in [0.2, 0.25) is 0 Å². The van der Waals surface area contributed by atoms with E-state index in [2.05, 4.69) is 0 Å². The number of carbonyl (C=O) groups excluding carboxylic acids is 1. The Morgan fingerprint density at radius 1 is 0.929 bits per heavy atom. The molecule has 0 aliphatic heterocycles. The van der Waals surface area contributed by atoms with E-state index >= 15 is 0 Å². The molecule has 28 heavy (non-hydrogen) atoms. The van der Waals surface area contributed by atoms with Crippen molar-refractivity contribution in [3.8, 4) is 11.5 Å². The van der Waals surface area contributed by atoms with Gasteiger partial charge in [0.1, 0.15) is 18.1 Å². The highest BCUT2D eigenvalue weighted by Gasteiger charge is 2.06. The van der Waals surface area contributed by atoms with E-state index in [4.69, 9.17) is 9.47 Å². The molecule has 0 saturated carbocycles. The number of nitro groups is 1. The van der Waals surface area contributed by atoms with Crippen molar-refractivity contribution in [2.45, 2.75) is 6.61 Å². The van der Waals surface area contributed by atoms with Gasteiger partial charge in [0, 0.05) is 18.2 Å². The number of carbonyl (C=O) groups is 1. The molecule has 0 atom stereocenters. The highest BCUT2D eigenvalue weighted by Crippen LogP contribution is 2.18. The molecule has 3 rings (SSSR count). The fourth-order valence-corrected chi connectivity index (χ4v) is 2.40. The van der Waals surface area contributed by atoms with Gasteiger partial charge in [-0.2, -0.15) is 0 Å². The lowest BCUT2D eigenvalue weighted by molar-refractivity contribution is -0.384. The van der Waals surface area contributed by atoms with Crippen molar-refractivity contribution in [2.24, 2.45) is 0 Å². The van der Waals surface area contributed by atoms with E-state index in [0.717, 1.165) is 11.1 Å². The largest absolute Gasteiger partial charge is 0.489 e. The molecule has 6 nitrogen and oxygen atoms in total. The van der Waals surface area contributed by atoms with Crippen LogP contribution in [0.25, 0.3) is 6.08 Å². The van der Waals surface area contributed by atoms with E-state index in [9.17, 15) is 14.9 Å². The van der Waals surface area contributed by atoms with Crippen LogP contribution in [0.5, 0.6) is 11.5 Å². The summed E-state index contributed by atoms with van der Waals surface area (Å²) in [4.78, 5) is 22.0. The third kappa shape index (κ3) is 5.54. The number of nitrogens with zero attached hydrogens (tertiary/aromatic N) is 1. The molecule has 140 valence electrons. The van der Waals surface area contributed by atoms with Gasteiger partial charge in [-0.1, -0.05) is 42.5 Å². The maximum atomic E-state index is 11.9. The van der Waals surface area contributed by atoms with Crippen LogP contribution in [0.1, 0.15) is 11.1 Å². The lowest BCUT2D eigenvalue weighted by atomic mass is 10.2. The van der Waals surface area contributed by atoms with Gasteiger partial charge in [-0.25, -0.2) is 4.79 Å². The standard InChI is InChI=1S/C22H17NO5/c24-22(28-20-12-10-19(11-13-20)23(25)26)14-9-17-7-4-8-21(15-17)27-16-18-5-2-1-3-6-18/h1-15H,16H2/b14-9+. The predicted octanol–water partition coefficient (Wildman–Crippen LogP) is 4.79. The number of benzene rings is 3. The second-order valence-corrected chi connectivity index (χ2v) is 5.85. The lowest BCUT2D eigenvalue weighted by Gasteiger charge is -2.07. The number of ether oxygens (including phenoxy) is 2. The summed E-state index contributed by atoms with van der Waals surface area (Å²) in [5, 5.41) is 10.6. The first kappa shape index (κ1) is 18.8. The average molecular weight is 375 g/mol. The molecule has 0 aliphatic carbocycles. The Bertz CT molecular complexity index is 981. The van der Waals surface area contributed by atoms with Gasteiger partial charge in [-0.3, -0.25) is 10.1 Å². The minimum absolute atomic E-state index is 0.0670. The molecule has 0 heterocycles. The van der Waals surface area contributed by atoms with Crippen molar-refractivity contribution >= 4 is 17.7 Å². The number of rotatable bonds is 7. The molecular weight excluding hydrogens is 358 g/mol. The molecule has 3 aromatic carbocycles. The fourth-order valence-electron chi connectivity index (χ4n) is 2.40. The molecule has 0 unspecified atom stereocenters. The van der Waals surface area contributed by atoms with Gasteiger partial charge in [0.15, 0.2) is 0 Å². The first-order valence-electron chi connectivity index (χ1n) is 8.51. The molecule has 3 aromatic rings. The van der Waals surface area contributed by atoms with E-state index in [1.54, 1.807) is 6.08 Å². The van der Waals surface area contributed by atoms with Crippen LogP contribution in [-0.2, 0) is 11.4 Å². The van der Waals surface area contributed by atoms with E-state index in [1.165, 1.54) is 30.3 Å². The first-order valence-corrected chi connectivity index (χ1v) is 8.51. The van der Waals surface area contributed by atoms with Crippen LogP contribution in [0.4, 0.5) is 5.69 Å². The fraction of sp³-hybridized carbons (Fsp3) is 0.0455. The molecule has 0 N–H and O–H groups in total. The Kier molecular flexibility index (Phi) is 6.15. The molecule has 0 bridgehead atoms. The average Bonchev–Trinajstić information content (AvgIpc) is 2.72. The summed E-state index contributed by atoms with van der Waals surface area (Å²) in [6.45, 7) is 0.455. The summed E-state index contributed by atoms with van der Waals surface area (Å²) in [5.74, 6) is 0.347. The number of hydrogen-bond acceptors (Lipinski definition) is 5. The molecule has 0 aliphatic rings. The summed E-state index contributed by atoms with van der Waals surface area (Å²) in [6.07, 6.45) is 2.90. The number of esters is 1. The van der Waals surface area contributed by atoms with Crippen molar-refractivity contribution in [3.05, 3.63) is 106 Å². The lowest BCUT2D eigenvalue weighted by Crippen LogP contribution is -2.03. The summed E-state index contributed by atoms with van der Waals surface area (Å²) in [5.41, 5.74) is 1.78. The van der Waals surface area contributed by atoms with Crippen molar-refractivity contribution in [1.29, 1.82) is 0 Å². The van der Waals surface area contributed by atoms with Crippen LogP contribution in [0, 0.1) is 10.1 Å². The summed E-state index contributed by atoms with van der Waals surface area (Å²) >= 11 is 0. The van der Waals surface area contributed by atoms with Crippen LogP contribution in [-0.4, -0.2) is 10.9 Å². The number of non-ortho nitro benzene ring substituents is 1. The zero-order valence-electron chi connectivity index (χ0n) is 14.9. The Balaban J connectivity index is 1.57. The second kappa shape index (κ2) is 9.14. The van der Waals surface area contributed by atoms with E-state index in [-0.39, 0.29) is 11.4 Å². The predicted molar refractivity (Wildman–Crippen MR) is 105 cm³/mol. The van der Waals surface area contributed by atoms with Crippen LogP contribution in [0.2, 0.25) is 0 Å². The Hall–Kier alpha value is -3.93. The second-order valence-electron chi connectivity index (χ2n) is 5.85.